The van der Waals surface area contributed by atoms with Crippen LogP contribution in [0.4, 0.5) is 5.69 Å². The van der Waals surface area contributed by atoms with Crippen LogP contribution in [0.2, 0.25) is 0 Å². The van der Waals surface area contributed by atoms with Crippen LogP contribution in [0.1, 0.15) is 10.5 Å². The van der Waals surface area contributed by atoms with Crippen molar-refractivity contribution in [2.24, 2.45) is 0 Å². The lowest BCUT2D eigenvalue weighted by Crippen LogP contribution is -1.99. The highest BCUT2D eigenvalue weighted by Gasteiger charge is 2.07. The predicted octanol–water partition coefficient (Wildman–Crippen LogP) is 2.36. The maximum Gasteiger partial charge on any atom is 0.354 e. The number of carboxylic acid groups (broad SMARTS) is 1. The van der Waals surface area contributed by atoms with Gasteiger partial charge in [-0.05, 0) is 23.8 Å². The van der Waals surface area contributed by atoms with Gasteiger partial charge in [-0.15, -0.1) is 0 Å². The fourth-order valence-corrected chi connectivity index (χ4v) is 1.47. The van der Waals surface area contributed by atoms with Crippen molar-refractivity contribution in [3.63, 3.8) is 0 Å². The molecule has 1 aromatic heterocycles. The lowest BCUT2D eigenvalue weighted by atomic mass is 10.1. The van der Waals surface area contributed by atoms with Gasteiger partial charge in [-0.1, -0.05) is 6.07 Å². The molecule has 6 heteroatoms. The average molecular weight is 244 g/mol. The molecule has 0 aliphatic rings. The molecule has 90 valence electrons. The number of non-ortho nitro benzene ring substituents is 1. The average Bonchev–Trinajstić information content (AvgIpc) is 2.39. The first-order valence-corrected chi connectivity index (χ1v) is 5.02. The third kappa shape index (κ3) is 2.32. The SMILES string of the molecule is O=C(O)c1ccc(-c2ccc([N+](=O)[O-])cc2)cn1. The normalized spacial score (nSPS) is 10.0. The number of hydrogen-bond donors (Lipinski definition) is 1. The second-order valence-corrected chi connectivity index (χ2v) is 3.54. The highest BCUT2D eigenvalue weighted by molar-refractivity contribution is 5.85. The van der Waals surface area contributed by atoms with E-state index >= 15 is 0 Å². The van der Waals surface area contributed by atoms with Gasteiger partial charge in [0.1, 0.15) is 5.69 Å². The van der Waals surface area contributed by atoms with Gasteiger partial charge in [-0.3, -0.25) is 10.1 Å². The van der Waals surface area contributed by atoms with Gasteiger partial charge in [0, 0.05) is 23.9 Å². The molecule has 0 unspecified atom stereocenters. The second-order valence-electron chi connectivity index (χ2n) is 3.54. The van der Waals surface area contributed by atoms with Crippen molar-refractivity contribution in [2.75, 3.05) is 0 Å². The number of carboxylic acids is 1. The van der Waals surface area contributed by atoms with E-state index < -0.39 is 10.9 Å². The van der Waals surface area contributed by atoms with E-state index in [9.17, 15) is 14.9 Å². The van der Waals surface area contributed by atoms with Gasteiger partial charge in [0.2, 0.25) is 0 Å². The van der Waals surface area contributed by atoms with Crippen LogP contribution >= 0.6 is 0 Å². The minimum absolute atomic E-state index is 0.00821. The zero-order valence-electron chi connectivity index (χ0n) is 9.11. The summed E-state index contributed by atoms with van der Waals surface area (Å²) >= 11 is 0. The maximum atomic E-state index is 10.6. The number of aromatic carboxylic acids is 1. The summed E-state index contributed by atoms with van der Waals surface area (Å²) in [6.45, 7) is 0. The number of pyridine rings is 1. The number of nitro groups is 1. The number of carbonyl (C=O) groups is 1. The van der Waals surface area contributed by atoms with E-state index in [1.165, 1.54) is 24.4 Å². The van der Waals surface area contributed by atoms with Crippen LogP contribution in [0.3, 0.4) is 0 Å². The van der Waals surface area contributed by atoms with Gasteiger partial charge in [0.05, 0.1) is 4.92 Å². The largest absolute Gasteiger partial charge is 0.477 e. The molecule has 2 aromatic rings. The molecule has 0 fully saturated rings. The molecule has 0 bridgehead atoms. The highest BCUT2D eigenvalue weighted by Crippen LogP contribution is 2.21. The number of hydrogen-bond acceptors (Lipinski definition) is 4. The van der Waals surface area contributed by atoms with Crippen molar-refractivity contribution >= 4 is 11.7 Å². The molecule has 0 radical (unpaired) electrons. The maximum absolute atomic E-state index is 10.6. The number of rotatable bonds is 3. The Morgan fingerprint density at radius 1 is 1.11 bits per heavy atom. The van der Waals surface area contributed by atoms with Gasteiger partial charge in [0.25, 0.3) is 5.69 Å². The highest BCUT2D eigenvalue weighted by atomic mass is 16.6. The van der Waals surface area contributed by atoms with Crippen molar-refractivity contribution in [3.8, 4) is 11.1 Å². The van der Waals surface area contributed by atoms with E-state index in [-0.39, 0.29) is 11.4 Å². The van der Waals surface area contributed by atoms with Crippen molar-refractivity contribution in [2.45, 2.75) is 0 Å². The lowest BCUT2D eigenvalue weighted by molar-refractivity contribution is -0.384. The Morgan fingerprint density at radius 3 is 2.17 bits per heavy atom. The fraction of sp³-hybridized carbons (Fsp3) is 0. The van der Waals surface area contributed by atoms with E-state index in [1.54, 1.807) is 18.2 Å². The van der Waals surface area contributed by atoms with Crippen LogP contribution in [-0.4, -0.2) is 21.0 Å². The van der Waals surface area contributed by atoms with Crippen molar-refractivity contribution in [1.29, 1.82) is 0 Å². The topological polar surface area (TPSA) is 93.3 Å². The zero-order valence-corrected chi connectivity index (χ0v) is 9.11. The van der Waals surface area contributed by atoms with Crippen molar-refractivity contribution < 1.29 is 14.8 Å². The molecule has 0 amide bonds. The quantitative estimate of drug-likeness (QED) is 0.660. The Hall–Kier alpha value is -2.76. The number of nitrogens with zero attached hydrogens (tertiary/aromatic N) is 2. The molecule has 1 N–H and O–H groups in total. The number of benzene rings is 1. The minimum atomic E-state index is -1.09. The molecule has 0 aliphatic carbocycles. The van der Waals surface area contributed by atoms with E-state index in [0.717, 1.165) is 5.56 Å². The summed E-state index contributed by atoms with van der Waals surface area (Å²) < 4.78 is 0. The minimum Gasteiger partial charge on any atom is -0.477 e. The van der Waals surface area contributed by atoms with Crippen molar-refractivity contribution in [1.82, 2.24) is 4.98 Å². The van der Waals surface area contributed by atoms with Crippen LogP contribution in [0, 0.1) is 10.1 Å². The molecule has 0 atom stereocenters. The smallest absolute Gasteiger partial charge is 0.354 e. The number of nitro benzene ring substituents is 1. The Balaban J connectivity index is 2.31. The van der Waals surface area contributed by atoms with Gasteiger partial charge in [-0.2, -0.15) is 0 Å². The number of aromatic nitrogens is 1. The Kier molecular flexibility index (Phi) is 3.01. The first-order chi connectivity index (χ1) is 8.58. The summed E-state index contributed by atoms with van der Waals surface area (Å²) in [5.41, 5.74) is 1.41. The summed E-state index contributed by atoms with van der Waals surface area (Å²) in [7, 11) is 0. The molecule has 18 heavy (non-hydrogen) atoms. The fourth-order valence-electron chi connectivity index (χ4n) is 1.47. The first kappa shape index (κ1) is 11.7. The third-order valence-corrected chi connectivity index (χ3v) is 2.39. The standard InChI is InChI=1S/C12H8N2O4/c15-12(16)11-6-3-9(7-13-11)8-1-4-10(5-2-8)14(17)18/h1-7H,(H,15,16). The van der Waals surface area contributed by atoms with Crippen LogP contribution in [0.25, 0.3) is 11.1 Å². The summed E-state index contributed by atoms with van der Waals surface area (Å²) in [5, 5.41) is 19.2. The Morgan fingerprint density at radius 2 is 1.72 bits per heavy atom. The Bertz CT molecular complexity index is 535. The molecular weight excluding hydrogens is 236 g/mol. The van der Waals surface area contributed by atoms with Crippen molar-refractivity contribution in [3.05, 3.63) is 58.4 Å². The molecule has 1 aromatic carbocycles. The lowest BCUT2D eigenvalue weighted by Gasteiger charge is -2.01. The van der Waals surface area contributed by atoms with Gasteiger partial charge in [-0.25, -0.2) is 9.78 Å². The van der Waals surface area contributed by atoms with Crippen LogP contribution in [-0.2, 0) is 0 Å². The summed E-state index contributed by atoms with van der Waals surface area (Å²) in [6.07, 6.45) is 1.42. The first-order valence-electron chi connectivity index (χ1n) is 5.02. The van der Waals surface area contributed by atoms with Gasteiger partial charge >= 0.3 is 5.97 Å². The monoisotopic (exact) mass is 244 g/mol. The summed E-state index contributed by atoms with van der Waals surface area (Å²) in [4.78, 5) is 24.4. The van der Waals surface area contributed by atoms with E-state index in [2.05, 4.69) is 4.98 Å². The van der Waals surface area contributed by atoms with Gasteiger partial charge in [0.15, 0.2) is 0 Å². The molecule has 0 saturated heterocycles. The third-order valence-electron chi connectivity index (χ3n) is 2.39. The summed E-state index contributed by atoms with van der Waals surface area (Å²) in [5.74, 6) is -1.09. The van der Waals surface area contributed by atoms with E-state index in [4.69, 9.17) is 5.11 Å². The summed E-state index contributed by atoms with van der Waals surface area (Å²) in [6, 6.07) is 8.96. The molecule has 0 aliphatic heterocycles. The molecular formula is C12H8N2O4. The van der Waals surface area contributed by atoms with E-state index in [1.807, 2.05) is 0 Å². The van der Waals surface area contributed by atoms with Crippen LogP contribution in [0.15, 0.2) is 42.6 Å². The molecule has 1 heterocycles. The molecule has 0 saturated carbocycles. The second kappa shape index (κ2) is 4.62. The zero-order chi connectivity index (χ0) is 13.1. The predicted molar refractivity (Wildman–Crippen MR) is 63.3 cm³/mol. The Labute approximate surface area is 102 Å². The van der Waals surface area contributed by atoms with Crippen LogP contribution < -0.4 is 0 Å². The molecule has 6 nitrogen and oxygen atoms in total. The molecule has 0 spiro atoms. The van der Waals surface area contributed by atoms with Gasteiger partial charge < -0.3 is 5.11 Å². The molecule has 2 rings (SSSR count). The van der Waals surface area contributed by atoms with Crippen LogP contribution in [0.5, 0.6) is 0 Å². The van der Waals surface area contributed by atoms with E-state index in [0.29, 0.717) is 5.56 Å².